The summed E-state index contributed by atoms with van der Waals surface area (Å²) in [5.41, 5.74) is 1.29. The standard InChI is InChI=1S/C18H12N2O7/c21-18(11-1-4-14(5-2-11)20(22)23)24-9-13-8-16(27-19-13)12-3-6-15-17(7-12)26-10-25-15/h1-8H,9-10H2. The summed E-state index contributed by atoms with van der Waals surface area (Å²) >= 11 is 0. The highest BCUT2D eigenvalue weighted by Gasteiger charge is 2.17. The fourth-order valence-electron chi connectivity index (χ4n) is 2.51. The number of aromatic nitrogens is 1. The maximum absolute atomic E-state index is 12.0. The van der Waals surface area contributed by atoms with E-state index in [1.165, 1.54) is 24.3 Å². The number of fused-ring (bicyclic) bond motifs is 1. The maximum atomic E-state index is 12.0. The molecule has 0 spiro atoms. The van der Waals surface area contributed by atoms with Crippen LogP contribution in [0.15, 0.2) is 53.1 Å². The van der Waals surface area contributed by atoms with Crippen LogP contribution in [0.3, 0.4) is 0 Å². The van der Waals surface area contributed by atoms with E-state index in [1.54, 1.807) is 24.3 Å². The number of nitro benzene ring substituents is 1. The molecule has 9 nitrogen and oxygen atoms in total. The number of nitro groups is 1. The Morgan fingerprint density at radius 1 is 1.11 bits per heavy atom. The van der Waals surface area contributed by atoms with Crippen LogP contribution in [0.4, 0.5) is 5.69 Å². The van der Waals surface area contributed by atoms with E-state index in [4.69, 9.17) is 18.7 Å². The van der Waals surface area contributed by atoms with E-state index in [1.807, 2.05) is 0 Å². The molecule has 0 amide bonds. The Labute approximate surface area is 152 Å². The molecule has 9 heteroatoms. The lowest BCUT2D eigenvalue weighted by Gasteiger charge is -2.02. The van der Waals surface area contributed by atoms with Crippen molar-refractivity contribution in [1.29, 1.82) is 0 Å². The first-order chi connectivity index (χ1) is 13.1. The lowest BCUT2D eigenvalue weighted by Crippen LogP contribution is -2.05. The van der Waals surface area contributed by atoms with Gasteiger partial charge >= 0.3 is 5.97 Å². The molecule has 0 atom stereocenters. The summed E-state index contributed by atoms with van der Waals surface area (Å²) in [5.74, 6) is 1.16. The number of hydrogen-bond acceptors (Lipinski definition) is 8. The first-order valence-corrected chi connectivity index (χ1v) is 7.87. The topological polar surface area (TPSA) is 114 Å². The van der Waals surface area contributed by atoms with Crippen molar-refractivity contribution in [2.45, 2.75) is 6.61 Å². The molecule has 0 N–H and O–H groups in total. The molecule has 0 unspecified atom stereocenters. The van der Waals surface area contributed by atoms with Gasteiger partial charge in [-0.15, -0.1) is 0 Å². The van der Waals surface area contributed by atoms with Gasteiger partial charge in [0.05, 0.1) is 10.5 Å². The van der Waals surface area contributed by atoms with E-state index in [2.05, 4.69) is 5.16 Å². The van der Waals surface area contributed by atoms with E-state index >= 15 is 0 Å². The quantitative estimate of drug-likeness (QED) is 0.383. The van der Waals surface area contributed by atoms with Gasteiger partial charge in [0.2, 0.25) is 6.79 Å². The van der Waals surface area contributed by atoms with Crippen LogP contribution < -0.4 is 9.47 Å². The Hall–Kier alpha value is -3.88. The van der Waals surface area contributed by atoms with Crippen LogP contribution in [-0.2, 0) is 11.3 Å². The molecule has 136 valence electrons. The molecule has 0 aliphatic carbocycles. The summed E-state index contributed by atoms with van der Waals surface area (Å²) in [4.78, 5) is 22.1. The van der Waals surface area contributed by atoms with Gasteiger partial charge in [0, 0.05) is 23.8 Å². The minimum Gasteiger partial charge on any atom is -0.455 e. The van der Waals surface area contributed by atoms with Crippen molar-refractivity contribution < 1.29 is 28.5 Å². The molecule has 0 radical (unpaired) electrons. The fourth-order valence-corrected chi connectivity index (χ4v) is 2.51. The summed E-state index contributed by atoms with van der Waals surface area (Å²) in [6.07, 6.45) is 0. The van der Waals surface area contributed by atoms with Crippen molar-refractivity contribution in [3.8, 4) is 22.8 Å². The lowest BCUT2D eigenvalue weighted by molar-refractivity contribution is -0.384. The SMILES string of the molecule is O=C(OCc1cc(-c2ccc3c(c2)OCO3)on1)c1ccc([N+](=O)[O-])cc1. The molecular weight excluding hydrogens is 356 g/mol. The van der Waals surface area contributed by atoms with Crippen molar-refractivity contribution >= 4 is 11.7 Å². The molecule has 1 aromatic heterocycles. The molecule has 4 rings (SSSR count). The first-order valence-electron chi connectivity index (χ1n) is 7.87. The van der Waals surface area contributed by atoms with Gasteiger partial charge in [0.1, 0.15) is 12.3 Å². The van der Waals surface area contributed by atoms with Gasteiger partial charge in [-0.3, -0.25) is 10.1 Å². The number of carbonyl (C=O) groups is 1. The lowest BCUT2D eigenvalue weighted by atomic mass is 10.1. The van der Waals surface area contributed by atoms with Gasteiger partial charge < -0.3 is 18.7 Å². The van der Waals surface area contributed by atoms with Crippen LogP contribution in [-0.4, -0.2) is 22.8 Å². The summed E-state index contributed by atoms with van der Waals surface area (Å²) in [7, 11) is 0. The molecule has 2 aromatic carbocycles. The van der Waals surface area contributed by atoms with Gasteiger partial charge in [-0.05, 0) is 30.3 Å². The second kappa shape index (κ2) is 6.79. The molecule has 27 heavy (non-hydrogen) atoms. The van der Waals surface area contributed by atoms with Gasteiger partial charge in [0.15, 0.2) is 17.3 Å². The van der Waals surface area contributed by atoms with Crippen LogP contribution in [0.1, 0.15) is 16.1 Å². The molecule has 3 aromatic rings. The van der Waals surface area contributed by atoms with Gasteiger partial charge in [0.25, 0.3) is 5.69 Å². The number of carbonyl (C=O) groups excluding carboxylic acids is 1. The van der Waals surface area contributed by atoms with Crippen LogP contribution in [0, 0.1) is 10.1 Å². The van der Waals surface area contributed by atoms with Crippen LogP contribution in [0.5, 0.6) is 11.5 Å². The van der Waals surface area contributed by atoms with Gasteiger partial charge in [-0.1, -0.05) is 5.16 Å². The highest BCUT2D eigenvalue weighted by Crippen LogP contribution is 2.36. The molecular formula is C18H12N2O7. The van der Waals surface area contributed by atoms with Crippen molar-refractivity contribution in [1.82, 2.24) is 5.16 Å². The summed E-state index contributed by atoms with van der Waals surface area (Å²) in [6, 6.07) is 12.2. The molecule has 0 fully saturated rings. The number of esters is 1. The Morgan fingerprint density at radius 2 is 1.89 bits per heavy atom. The number of ether oxygens (including phenoxy) is 3. The number of non-ortho nitro benzene ring substituents is 1. The van der Waals surface area contributed by atoms with Crippen LogP contribution in [0.25, 0.3) is 11.3 Å². The molecule has 0 saturated heterocycles. The zero-order valence-corrected chi connectivity index (χ0v) is 13.8. The van der Waals surface area contributed by atoms with E-state index in [-0.39, 0.29) is 24.7 Å². The van der Waals surface area contributed by atoms with Crippen LogP contribution >= 0.6 is 0 Å². The normalized spacial score (nSPS) is 12.0. The zero-order valence-electron chi connectivity index (χ0n) is 13.8. The fraction of sp³-hybridized carbons (Fsp3) is 0.111. The zero-order chi connectivity index (χ0) is 18.8. The Morgan fingerprint density at radius 3 is 2.67 bits per heavy atom. The third-order valence-electron chi connectivity index (χ3n) is 3.88. The minimum absolute atomic E-state index is 0.0934. The summed E-state index contributed by atoms with van der Waals surface area (Å²) < 4.78 is 21.0. The van der Waals surface area contributed by atoms with Crippen molar-refractivity contribution in [3.63, 3.8) is 0 Å². The minimum atomic E-state index is -0.613. The van der Waals surface area contributed by atoms with E-state index < -0.39 is 10.9 Å². The first kappa shape index (κ1) is 16.6. The number of rotatable bonds is 5. The third-order valence-corrected chi connectivity index (χ3v) is 3.88. The highest BCUT2D eigenvalue weighted by molar-refractivity contribution is 5.89. The molecule has 1 aliphatic heterocycles. The average Bonchev–Trinajstić information content (AvgIpc) is 3.34. The smallest absolute Gasteiger partial charge is 0.338 e. The van der Waals surface area contributed by atoms with Crippen molar-refractivity contribution in [3.05, 3.63) is 69.9 Å². The van der Waals surface area contributed by atoms with E-state index in [9.17, 15) is 14.9 Å². The van der Waals surface area contributed by atoms with Crippen molar-refractivity contribution in [2.24, 2.45) is 0 Å². The largest absolute Gasteiger partial charge is 0.455 e. The highest BCUT2D eigenvalue weighted by atomic mass is 16.7. The number of hydrogen-bond donors (Lipinski definition) is 0. The molecule has 2 heterocycles. The second-order valence-corrected chi connectivity index (χ2v) is 5.63. The monoisotopic (exact) mass is 368 g/mol. The Kier molecular flexibility index (Phi) is 4.17. The predicted molar refractivity (Wildman–Crippen MR) is 90.3 cm³/mol. The second-order valence-electron chi connectivity index (χ2n) is 5.63. The third kappa shape index (κ3) is 3.43. The van der Waals surface area contributed by atoms with Crippen molar-refractivity contribution in [2.75, 3.05) is 6.79 Å². The summed E-state index contributed by atoms with van der Waals surface area (Å²) in [6.45, 7) is 0.0862. The van der Waals surface area contributed by atoms with E-state index in [0.29, 0.717) is 23.0 Å². The maximum Gasteiger partial charge on any atom is 0.338 e. The molecule has 0 saturated carbocycles. The number of benzene rings is 2. The van der Waals surface area contributed by atoms with Gasteiger partial charge in [-0.25, -0.2) is 4.79 Å². The predicted octanol–water partition coefficient (Wildman–Crippen LogP) is 3.34. The average molecular weight is 368 g/mol. The van der Waals surface area contributed by atoms with Crippen LogP contribution in [0.2, 0.25) is 0 Å². The molecule has 0 bridgehead atoms. The van der Waals surface area contributed by atoms with Gasteiger partial charge in [-0.2, -0.15) is 0 Å². The van der Waals surface area contributed by atoms with E-state index in [0.717, 1.165) is 5.56 Å². The number of nitrogens with zero attached hydrogens (tertiary/aromatic N) is 2. The molecule has 1 aliphatic rings. The Balaban J connectivity index is 1.40. The summed E-state index contributed by atoms with van der Waals surface area (Å²) in [5, 5.41) is 14.5. The Bertz CT molecular complexity index is 1010.